The van der Waals surface area contributed by atoms with Gasteiger partial charge in [-0.3, -0.25) is 0 Å². The van der Waals surface area contributed by atoms with Gasteiger partial charge in [-0.1, -0.05) is 0 Å². The summed E-state index contributed by atoms with van der Waals surface area (Å²) in [5.74, 6) is 0. The van der Waals surface area contributed by atoms with E-state index in [4.69, 9.17) is 11.6 Å². The summed E-state index contributed by atoms with van der Waals surface area (Å²) in [4.78, 5) is 0. The molecule has 0 amide bonds. The summed E-state index contributed by atoms with van der Waals surface area (Å²) in [5.41, 5.74) is 2.51. The number of hydrogen-bond donors (Lipinski definition) is 0. The molecule has 0 spiro atoms. The van der Waals surface area contributed by atoms with E-state index in [2.05, 4.69) is 115 Å². The van der Waals surface area contributed by atoms with Crippen molar-refractivity contribution >= 4 is 24.2 Å². The second kappa shape index (κ2) is 7.21. The van der Waals surface area contributed by atoms with Crippen LogP contribution in [0.2, 0.25) is 0 Å². The third-order valence-electron chi connectivity index (χ3n) is 5.11. The molecule has 0 heterocycles. The zero-order valence-corrected chi connectivity index (χ0v) is 18.8. The Morgan fingerprint density at radius 1 is 0.750 bits per heavy atom. The van der Waals surface area contributed by atoms with Crippen LogP contribution < -0.4 is 5.30 Å². The molecule has 2 aromatic rings. The molecule has 0 radical (unpaired) electrons. The number of alkyl halides is 1. The molecule has 0 saturated heterocycles. The van der Waals surface area contributed by atoms with Gasteiger partial charge in [0.25, 0.3) is 0 Å². The van der Waals surface area contributed by atoms with Crippen molar-refractivity contribution in [1.29, 1.82) is 0 Å². The van der Waals surface area contributed by atoms with Crippen LogP contribution in [0.5, 0.6) is 0 Å². The van der Waals surface area contributed by atoms with E-state index in [0.29, 0.717) is 0 Å². The van der Waals surface area contributed by atoms with Crippen molar-refractivity contribution in [1.82, 2.24) is 0 Å². The van der Waals surface area contributed by atoms with Crippen LogP contribution in [0.4, 0.5) is 0 Å². The molecule has 0 nitrogen and oxygen atoms in total. The van der Waals surface area contributed by atoms with E-state index in [9.17, 15) is 0 Å². The molecule has 2 rings (SSSR count). The topological polar surface area (TPSA) is 0 Å². The van der Waals surface area contributed by atoms with Gasteiger partial charge >= 0.3 is 165 Å². The van der Waals surface area contributed by atoms with Crippen molar-refractivity contribution < 1.29 is 19.2 Å². The number of rotatable bonds is 3. The van der Waals surface area contributed by atoms with Crippen molar-refractivity contribution in [3.63, 3.8) is 0 Å². The quantitative estimate of drug-likeness (QED) is 0.286. The van der Waals surface area contributed by atoms with Crippen molar-refractivity contribution in [3.05, 3.63) is 54.6 Å². The third kappa shape index (κ3) is 3.52. The first-order valence-electron chi connectivity index (χ1n) is 8.42. The Bertz CT molecular complexity index is 650. The monoisotopic (exact) mass is 453 g/mol. The van der Waals surface area contributed by atoms with Gasteiger partial charge in [-0.25, -0.2) is 0 Å². The summed E-state index contributed by atoms with van der Waals surface area (Å²) in [7, 11) is -2.08. The molecular formula is C21H29ClPPd. The Hall–Kier alpha value is -0.178. The SMILES string of the molecule is CC(C)(C)[PH](c1ccc(-c2ccccc2)cc1)([CH](Cl)[Pd])C(C)(C)C. The predicted molar refractivity (Wildman–Crippen MR) is 109 cm³/mol. The average Bonchev–Trinajstić information content (AvgIpc) is 2.46. The molecule has 0 N–H and O–H groups in total. The minimum absolute atomic E-state index is 0.0167. The van der Waals surface area contributed by atoms with Crippen molar-refractivity contribution in [3.8, 4) is 11.1 Å². The Morgan fingerprint density at radius 2 is 1.17 bits per heavy atom. The summed E-state index contributed by atoms with van der Waals surface area (Å²) in [6.07, 6.45) is 0. The molecule has 135 valence electrons. The van der Waals surface area contributed by atoms with Gasteiger partial charge in [0.2, 0.25) is 0 Å². The van der Waals surface area contributed by atoms with E-state index in [1.807, 2.05) is 0 Å². The van der Waals surface area contributed by atoms with E-state index in [-0.39, 0.29) is 13.9 Å². The van der Waals surface area contributed by atoms with Crippen LogP contribution in [0.15, 0.2) is 54.6 Å². The third-order valence-corrected chi connectivity index (χ3v) is 14.7. The van der Waals surface area contributed by atoms with Crippen LogP contribution >= 0.6 is 18.9 Å². The minimum atomic E-state index is -2.08. The molecule has 0 fully saturated rings. The van der Waals surface area contributed by atoms with Crippen LogP contribution in [-0.4, -0.2) is 13.9 Å². The van der Waals surface area contributed by atoms with Crippen molar-refractivity contribution in [2.45, 2.75) is 55.4 Å². The first-order valence-corrected chi connectivity index (χ1v) is 11.8. The van der Waals surface area contributed by atoms with E-state index in [1.54, 1.807) is 0 Å². The Labute approximate surface area is 164 Å². The van der Waals surface area contributed by atoms with Gasteiger partial charge in [-0.15, -0.1) is 0 Å². The second-order valence-electron chi connectivity index (χ2n) is 8.52. The summed E-state index contributed by atoms with van der Waals surface area (Å²) >= 11 is 10.3. The molecule has 3 heteroatoms. The Kier molecular flexibility index (Phi) is 6.05. The molecule has 0 aromatic heterocycles. The van der Waals surface area contributed by atoms with E-state index < -0.39 is 7.26 Å². The molecule has 0 saturated carbocycles. The maximum absolute atomic E-state index is 6.86. The van der Waals surface area contributed by atoms with E-state index in [0.717, 1.165) is 0 Å². The zero-order chi connectivity index (χ0) is 18.2. The number of halogens is 1. The fourth-order valence-electron chi connectivity index (χ4n) is 4.26. The Balaban J connectivity index is 2.60. The van der Waals surface area contributed by atoms with E-state index in [1.165, 1.54) is 16.4 Å². The van der Waals surface area contributed by atoms with E-state index >= 15 is 0 Å². The van der Waals surface area contributed by atoms with Crippen LogP contribution in [0.25, 0.3) is 11.1 Å². The summed E-state index contributed by atoms with van der Waals surface area (Å²) in [6, 6.07) is 19.7. The molecular weight excluding hydrogens is 425 g/mol. The van der Waals surface area contributed by atoms with Gasteiger partial charge in [0.1, 0.15) is 0 Å². The van der Waals surface area contributed by atoms with Crippen molar-refractivity contribution in [2.75, 3.05) is 0 Å². The first kappa shape index (κ1) is 20.1. The molecule has 2 aromatic carbocycles. The van der Waals surface area contributed by atoms with Crippen LogP contribution in [0.1, 0.15) is 41.5 Å². The normalized spacial score (nSPS) is 15.2. The fraction of sp³-hybridized carbons (Fsp3) is 0.429. The molecule has 1 unspecified atom stereocenters. The zero-order valence-electron chi connectivity index (χ0n) is 15.5. The average molecular weight is 454 g/mol. The fourth-order valence-corrected chi connectivity index (χ4v) is 17.5. The van der Waals surface area contributed by atoms with Gasteiger partial charge in [-0.05, 0) is 0 Å². The number of benzene rings is 2. The van der Waals surface area contributed by atoms with Gasteiger partial charge < -0.3 is 0 Å². The second-order valence-corrected chi connectivity index (χ2v) is 17.3. The van der Waals surface area contributed by atoms with Gasteiger partial charge in [0, 0.05) is 0 Å². The molecule has 0 aliphatic rings. The summed E-state index contributed by atoms with van der Waals surface area (Å²) < 4.78 is 0.0167. The molecule has 0 aliphatic carbocycles. The summed E-state index contributed by atoms with van der Waals surface area (Å²) in [5, 5.41) is 1.71. The molecule has 24 heavy (non-hydrogen) atoms. The number of hydrogen-bond acceptors (Lipinski definition) is 0. The van der Waals surface area contributed by atoms with Gasteiger partial charge in [0.15, 0.2) is 0 Å². The van der Waals surface area contributed by atoms with Gasteiger partial charge in [0.05, 0.1) is 0 Å². The summed E-state index contributed by atoms with van der Waals surface area (Å²) in [6.45, 7) is 14.1. The maximum atomic E-state index is 6.86. The molecule has 0 aliphatic heterocycles. The van der Waals surface area contributed by atoms with Crippen LogP contribution in [-0.2, 0) is 19.2 Å². The van der Waals surface area contributed by atoms with Crippen LogP contribution in [0.3, 0.4) is 0 Å². The molecule has 0 bridgehead atoms. The standard InChI is InChI=1S/C21H29ClP.Pd/c1-20(2,3)23(16-22,21(4,5)6)19-14-12-18(13-15-19)17-10-8-7-9-11-17;/h7-16,23H,1-6H3;. The molecule has 1 atom stereocenters. The first-order chi connectivity index (χ1) is 11.0. The predicted octanol–water partition coefficient (Wildman–Crippen LogP) is 6.40. The Morgan fingerprint density at radius 3 is 1.54 bits per heavy atom. The van der Waals surface area contributed by atoms with Gasteiger partial charge in [-0.2, -0.15) is 0 Å². The van der Waals surface area contributed by atoms with Crippen molar-refractivity contribution in [2.24, 2.45) is 0 Å². The van der Waals surface area contributed by atoms with Crippen LogP contribution in [0, 0.1) is 0 Å².